The van der Waals surface area contributed by atoms with E-state index in [0.717, 1.165) is 5.56 Å². The minimum Gasteiger partial charge on any atom is -0.496 e. The molecule has 1 saturated heterocycles. The van der Waals surface area contributed by atoms with Gasteiger partial charge in [0, 0.05) is 32.6 Å². The van der Waals surface area contributed by atoms with Crippen molar-refractivity contribution in [2.75, 3.05) is 33.3 Å². The van der Waals surface area contributed by atoms with Crippen LogP contribution in [0.2, 0.25) is 0 Å². The molecule has 2 amide bonds. The fourth-order valence-corrected chi connectivity index (χ4v) is 2.80. The molecule has 0 bridgehead atoms. The molecule has 0 radical (unpaired) electrons. The molecule has 2 rings (SSSR count). The Morgan fingerprint density at radius 1 is 1.13 bits per heavy atom. The lowest BCUT2D eigenvalue weighted by atomic mass is 9.99. The van der Waals surface area contributed by atoms with Crippen LogP contribution in [0.3, 0.4) is 0 Å². The van der Waals surface area contributed by atoms with Crippen molar-refractivity contribution in [1.29, 1.82) is 0 Å². The predicted octanol–water partition coefficient (Wildman–Crippen LogP) is 2.51. The van der Waals surface area contributed by atoms with Crippen molar-refractivity contribution >= 4 is 11.8 Å². The molecular formula is C18H26N2O3. The Morgan fingerprint density at radius 3 is 2.26 bits per heavy atom. The van der Waals surface area contributed by atoms with Gasteiger partial charge in [-0.2, -0.15) is 0 Å². The molecule has 126 valence electrons. The van der Waals surface area contributed by atoms with E-state index >= 15 is 0 Å². The summed E-state index contributed by atoms with van der Waals surface area (Å²) in [5.41, 5.74) is 1.72. The maximum absolute atomic E-state index is 12.8. The fourth-order valence-electron chi connectivity index (χ4n) is 2.80. The Kier molecular flexibility index (Phi) is 5.64. The number of hydrogen-bond acceptors (Lipinski definition) is 3. The van der Waals surface area contributed by atoms with Crippen molar-refractivity contribution in [2.24, 2.45) is 0 Å². The first-order valence-corrected chi connectivity index (χ1v) is 8.22. The summed E-state index contributed by atoms with van der Waals surface area (Å²) in [6.45, 7) is 8.41. The van der Waals surface area contributed by atoms with E-state index in [-0.39, 0.29) is 11.8 Å². The third kappa shape index (κ3) is 3.84. The van der Waals surface area contributed by atoms with Crippen LogP contribution in [-0.4, -0.2) is 54.9 Å². The van der Waals surface area contributed by atoms with Gasteiger partial charge in [0.25, 0.3) is 5.91 Å². The number of nitrogens with zero attached hydrogens (tertiary/aromatic N) is 2. The summed E-state index contributed by atoms with van der Waals surface area (Å²) < 4.78 is 5.36. The Labute approximate surface area is 138 Å². The zero-order chi connectivity index (χ0) is 17.0. The average Bonchev–Trinajstić information content (AvgIpc) is 2.59. The summed E-state index contributed by atoms with van der Waals surface area (Å²) in [5, 5.41) is 0. The van der Waals surface area contributed by atoms with E-state index in [1.165, 1.54) is 0 Å². The zero-order valence-electron chi connectivity index (χ0n) is 14.5. The van der Waals surface area contributed by atoms with Crippen LogP contribution in [0.25, 0.3) is 0 Å². The van der Waals surface area contributed by atoms with Gasteiger partial charge >= 0.3 is 0 Å². The van der Waals surface area contributed by atoms with Crippen molar-refractivity contribution in [3.8, 4) is 5.75 Å². The standard InChI is InChI=1S/C18H26N2O3/c1-5-17(21)19-8-10-20(11-9-19)18(22)15-12-14(13(2)3)6-7-16(15)23-4/h6-7,12-13H,5,8-11H2,1-4H3. The minimum atomic E-state index is -0.0204. The summed E-state index contributed by atoms with van der Waals surface area (Å²) in [4.78, 5) is 28.2. The predicted molar refractivity (Wildman–Crippen MR) is 89.9 cm³/mol. The summed E-state index contributed by atoms with van der Waals surface area (Å²) >= 11 is 0. The largest absolute Gasteiger partial charge is 0.496 e. The summed E-state index contributed by atoms with van der Waals surface area (Å²) in [7, 11) is 1.58. The van der Waals surface area contributed by atoms with Crippen LogP contribution >= 0.6 is 0 Å². The van der Waals surface area contributed by atoms with Gasteiger partial charge in [-0.1, -0.05) is 26.8 Å². The molecule has 5 heteroatoms. The van der Waals surface area contributed by atoms with Gasteiger partial charge in [0.1, 0.15) is 5.75 Å². The lowest BCUT2D eigenvalue weighted by molar-refractivity contribution is -0.132. The summed E-state index contributed by atoms with van der Waals surface area (Å²) in [6, 6.07) is 5.78. The molecule has 0 spiro atoms. The van der Waals surface area contributed by atoms with Crippen LogP contribution in [0.1, 0.15) is 49.0 Å². The van der Waals surface area contributed by atoms with Crippen LogP contribution in [0.5, 0.6) is 5.75 Å². The van der Waals surface area contributed by atoms with Gasteiger partial charge in [-0.25, -0.2) is 0 Å². The molecule has 1 aromatic carbocycles. The second-order valence-corrected chi connectivity index (χ2v) is 6.14. The highest BCUT2D eigenvalue weighted by atomic mass is 16.5. The van der Waals surface area contributed by atoms with E-state index < -0.39 is 0 Å². The number of methoxy groups -OCH3 is 1. The van der Waals surface area contributed by atoms with Crippen molar-refractivity contribution in [2.45, 2.75) is 33.1 Å². The zero-order valence-corrected chi connectivity index (χ0v) is 14.5. The van der Waals surface area contributed by atoms with E-state index in [0.29, 0.717) is 49.8 Å². The molecule has 1 aliphatic heterocycles. The third-order valence-corrected chi connectivity index (χ3v) is 4.34. The first-order valence-electron chi connectivity index (χ1n) is 8.22. The number of hydrogen-bond donors (Lipinski definition) is 0. The van der Waals surface area contributed by atoms with Gasteiger partial charge in [-0.05, 0) is 23.6 Å². The number of amides is 2. The summed E-state index contributed by atoms with van der Waals surface area (Å²) in [6.07, 6.45) is 0.512. The molecule has 0 atom stereocenters. The molecule has 0 unspecified atom stereocenters. The normalized spacial score (nSPS) is 15.0. The molecular weight excluding hydrogens is 292 g/mol. The highest BCUT2D eigenvalue weighted by Crippen LogP contribution is 2.25. The van der Waals surface area contributed by atoms with Crippen LogP contribution < -0.4 is 4.74 Å². The first-order chi connectivity index (χ1) is 11.0. The van der Waals surface area contributed by atoms with E-state index in [9.17, 15) is 9.59 Å². The van der Waals surface area contributed by atoms with Gasteiger partial charge < -0.3 is 14.5 Å². The lowest BCUT2D eigenvalue weighted by Crippen LogP contribution is -2.50. The molecule has 1 aromatic rings. The van der Waals surface area contributed by atoms with Gasteiger partial charge in [0.2, 0.25) is 5.91 Å². The average molecular weight is 318 g/mol. The van der Waals surface area contributed by atoms with E-state index in [2.05, 4.69) is 13.8 Å². The molecule has 0 aromatic heterocycles. The van der Waals surface area contributed by atoms with Gasteiger partial charge in [-0.15, -0.1) is 0 Å². The van der Waals surface area contributed by atoms with Gasteiger partial charge in [0.15, 0.2) is 0 Å². The molecule has 5 nitrogen and oxygen atoms in total. The SMILES string of the molecule is CCC(=O)N1CCN(C(=O)c2cc(C(C)C)ccc2OC)CC1. The Morgan fingerprint density at radius 2 is 1.74 bits per heavy atom. The molecule has 0 saturated carbocycles. The number of ether oxygens (including phenoxy) is 1. The maximum atomic E-state index is 12.8. The number of rotatable bonds is 4. The Hall–Kier alpha value is -2.04. The summed E-state index contributed by atoms with van der Waals surface area (Å²) in [5.74, 6) is 1.09. The topological polar surface area (TPSA) is 49.9 Å². The minimum absolute atomic E-state index is 0.0204. The number of carbonyl (C=O) groups excluding carboxylic acids is 2. The Bertz CT molecular complexity index is 576. The molecule has 23 heavy (non-hydrogen) atoms. The van der Waals surface area contributed by atoms with Crippen LogP contribution in [0.4, 0.5) is 0 Å². The van der Waals surface area contributed by atoms with Crippen molar-refractivity contribution in [3.63, 3.8) is 0 Å². The molecule has 1 heterocycles. The second-order valence-electron chi connectivity index (χ2n) is 6.14. The van der Waals surface area contributed by atoms with Crippen LogP contribution in [0, 0.1) is 0 Å². The number of benzene rings is 1. The number of carbonyl (C=O) groups is 2. The van der Waals surface area contributed by atoms with Crippen molar-refractivity contribution in [1.82, 2.24) is 9.80 Å². The number of piperazine rings is 1. The smallest absolute Gasteiger partial charge is 0.257 e. The van der Waals surface area contributed by atoms with Gasteiger partial charge in [0.05, 0.1) is 12.7 Å². The van der Waals surface area contributed by atoms with Gasteiger partial charge in [-0.3, -0.25) is 9.59 Å². The fraction of sp³-hybridized carbons (Fsp3) is 0.556. The maximum Gasteiger partial charge on any atom is 0.257 e. The quantitative estimate of drug-likeness (QED) is 0.857. The van der Waals surface area contributed by atoms with Crippen LogP contribution in [0.15, 0.2) is 18.2 Å². The highest BCUT2D eigenvalue weighted by molar-refractivity contribution is 5.97. The molecule has 0 aliphatic carbocycles. The van der Waals surface area contributed by atoms with Crippen molar-refractivity contribution < 1.29 is 14.3 Å². The Balaban J connectivity index is 2.15. The van der Waals surface area contributed by atoms with Crippen molar-refractivity contribution in [3.05, 3.63) is 29.3 Å². The van der Waals surface area contributed by atoms with E-state index in [1.54, 1.807) is 12.0 Å². The van der Waals surface area contributed by atoms with Crippen LogP contribution in [-0.2, 0) is 4.79 Å². The monoisotopic (exact) mass is 318 g/mol. The second kappa shape index (κ2) is 7.49. The lowest BCUT2D eigenvalue weighted by Gasteiger charge is -2.35. The van der Waals surface area contributed by atoms with E-state index in [1.807, 2.05) is 30.0 Å². The molecule has 1 aliphatic rings. The third-order valence-electron chi connectivity index (χ3n) is 4.34. The van der Waals surface area contributed by atoms with E-state index in [4.69, 9.17) is 4.74 Å². The highest BCUT2D eigenvalue weighted by Gasteiger charge is 2.26. The first kappa shape index (κ1) is 17.3. The molecule has 0 N–H and O–H groups in total. The molecule has 1 fully saturated rings.